The summed E-state index contributed by atoms with van der Waals surface area (Å²) in [5, 5.41) is 12.3. The topological polar surface area (TPSA) is 45.0 Å². The van der Waals surface area contributed by atoms with Crippen molar-refractivity contribution in [1.29, 1.82) is 5.26 Å². The van der Waals surface area contributed by atoms with Crippen LogP contribution in [0.15, 0.2) is 18.2 Å². The average molecular weight is 244 g/mol. The van der Waals surface area contributed by atoms with Crippen molar-refractivity contribution in [2.45, 2.75) is 45.3 Å². The summed E-state index contributed by atoms with van der Waals surface area (Å²) < 4.78 is 5.94. The lowest BCUT2D eigenvalue weighted by molar-refractivity contribution is -0.00911. The highest BCUT2D eigenvalue weighted by Gasteiger charge is 2.31. The van der Waals surface area contributed by atoms with Gasteiger partial charge in [-0.3, -0.25) is 0 Å². The van der Waals surface area contributed by atoms with Gasteiger partial charge in [0.2, 0.25) is 0 Å². The molecule has 1 unspecified atom stereocenters. The summed E-state index contributed by atoms with van der Waals surface area (Å²) in [6.07, 6.45) is 2.47. The SMILES string of the molecule is Cc1ccc(C#N)cc1NCC1CCC(C)(C)O1. The fourth-order valence-corrected chi connectivity index (χ4v) is 2.33. The van der Waals surface area contributed by atoms with Crippen LogP contribution in [0.2, 0.25) is 0 Å². The molecule has 1 atom stereocenters. The number of nitrogens with zero attached hydrogens (tertiary/aromatic N) is 1. The van der Waals surface area contributed by atoms with E-state index in [4.69, 9.17) is 10.00 Å². The minimum absolute atomic E-state index is 0.00982. The van der Waals surface area contributed by atoms with E-state index in [0.29, 0.717) is 5.56 Å². The molecule has 2 rings (SSSR count). The Balaban J connectivity index is 1.97. The number of anilines is 1. The number of rotatable bonds is 3. The third-order valence-corrected chi connectivity index (χ3v) is 3.44. The number of nitrogens with one attached hydrogen (secondary N) is 1. The Morgan fingerprint density at radius 3 is 2.89 bits per heavy atom. The Labute approximate surface area is 109 Å². The van der Waals surface area contributed by atoms with Gasteiger partial charge in [-0.15, -0.1) is 0 Å². The van der Waals surface area contributed by atoms with Crippen LogP contribution in [0.25, 0.3) is 0 Å². The summed E-state index contributed by atoms with van der Waals surface area (Å²) in [6.45, 7) is 7.12. The molecule has 0 bridgehead atoms. The third-order valence-electron chi connectivity index (χ3n) is 3.44. The van der Waals surface area contributed by atoms with Gasteiger partial charge in [-0.1, -0.05) is 6.07 Å². The van der Waals surface area contributed by atoms with Crippen LogP contribution in [0.1, 0.15) is 37.8 Å². The molecule has 3 heteroatoms. The average Bonchev–Trinajstić information content (AvgIpc) is 2.68. The molecule has 3 nitrogen and oxygen atoms in total. The predicted molar refractivity (Wildman–Crippen MR) is 72.6 cm³/mol. The summed E-state index contributed by atoms with van der Waals surface area (Å²) >= 11 is 0. The van der Waals surface area contributed by atoms with E-state index in [9.17, 15) is 0 Å². The van der Waals surface area contributed by atoms with Gasteiger partial charge in [-0.05, 0) is 51.3 Å². The fraction of sp³-hybridized carbons (Fsp3) is 0.533. The molecule has 1 fully saturated rings. The second-order valence-electron chi connectivity index (χ2n) is 5.56. The van der Waals surface area contributed by atoms with Crippen LogP contribution in [0, 0.1) is 18.3 Å². The van der Waals surface area contributed by atoms with Crippen LogP contribution in [-0.4, -0.2) is 18.2 Å². The molecule has 1 aromatic rings. The van der Waals surface area contributed by atoms with E-state index in [2.05, 4.69) is 25.2 Å². The van der Waals surface area contributed by atoms with Gasteiger partial charge < -0.3 is 10.1 Å². The maximum atomic E-state index is 8.90. The second-order valence-corrected chi connectivity index (χ2v) is 5.56. The van der Waals surface area contributed by atoms with Crippen molar-refractivity contribution < 1.29 is 4.74 Å². The number of hydrogen-bond acceptors (Lipinski definition) is 3. The molecule has 1 aromatic carbocycles. The minimum atomic E-state index is 0.00982. The van der Waals surface area contributed by atoms with Crippen LogP contribution in [0.4, 0.5) is 5.69 Å². The maximum Gasteiger partial charge on any atom is 0.0992 e. The summed E-state index contributed by atoms with van der Waals surface area (Å²) in [4.78, 5) is 0. The van der Waals surface area contributed by atoms with Gasteiger partial charge in [-0.25, -0.2) is 0 Å². The highest BCUT2D eigenvalue weighted by atomic mass is 16.5. The van der Waals surface area contributed by atoms with Crippen molar-refractivity contribution in [1.82, 2.24) is 0 Å². The molecule has 18 heavy (non-hydrogen) atoms. The monoisotopic (exact) mass is 244 g/mol. The lowest BCUT2D eigenvalue weighted by Crippen LogP contribution is -2.25. The smallest absolute Gasteiger partial charge is 0.0992 e. The molecule has 0 aromatic heterocycles. The molecule has 1 N–H and O–H groups in total. The van der Waals surface area contributed by atoms with Crippen molar-refractivity contribution in [3.63, 3.8) is 0 Å². The first-order valence-electron chi connectivity index (χ1n) is 6.43. The number of ether oxygens (including phenoxy) is 1. The first kappa shape index (κ1) is 12.9. The van der Waals surface area contributed by atoms with E-state index in [1.165, 1.54) is 0 Å². The highest BCUT2D eigenvalue weighted by Crippen LogP contribution is 2.29. The van der Waals surface area contributed by atoms with E-state index >= 15 is 0 Å². The summed E-state index contributed by atoms with van der Waals surface area (Å²) in [6, 6.07) is 7.88. The zero-order valence-corrected chi connectivity index (χ0v) is 11.3. The second kappa shape index (κ2) is 4.99. The van der Waals surface area contributed by atoms with Crippen LogP contribution >= 0.6 is 0 Å². The number of hydrogen-bond donors (Lipinski definition) is 1. The van der Waals surface area contributed by atoms with Crippen molar-refractivity contribution in [3.05, 3.63) is 29.3 Å². The molecule has 0 saturated carbocycles. The van der Waals surface area contributed by atoms with Crippen LogP contribution in [0.3, 0.4) is 0 Å². The van der Waals surface area contributed by atoms with Gasteiger partial charge in [0.05, 0.1) is 23.3 Å². The van der Waals surface area contributed by atoms with E-state index in [0.717, 1.165) is 30.6 Å². The molecular weight excluding hydrogens is 224 g/mol. The summed E-state index contributed by atoms with van der Waals surface area (Å²) in [7, 11) is 0. The lowest BCUT2D eigenvalue weighted by atomic mass is 10.1. The number of benzene rings is 1. The van der Waals surface area contributed by atoms with Gasteiger partial charge in [0.15, 0.2) is 0 Å². The van der Waals surface area contributed by atoms with Gasteiger partial charge in [-0.2, -0.15) is 5.26 Å². The van der Waals surface area contributed by atoms with Gasteiger partial charge in [0.1, 0.15) is 0 Å². The Morgan fingerprint density at radius 2 is 2.28 bits per heavy atom. The van der Waals surface area contributed by atoms with Crippen LogP contribution in [-0.2, 0) is 4.74 Å². The zero-order chi connectivity index (χ0) is 13.2. The van der Waals surface area contributed by atoms with Gasteiger partial charge in [0.25, 0.3) is 0 Å². The lowest BCUT2D eigenvalue weighted by Gasteiger charge is -2.20. The molecule has 0 amide bonds. The summed E-state index contributed by atoms with van der Waals surface area (Å²) in [5.41, 5.74) is 2.89. The van der Waals surface area contributed by atoms with E-state index < -0.39 is 0 Å². The molecular formula is C15H20N2O. The molecule has 0 spiro atoms. The summed E-state index contributed by atoms with van der Waals surface area (Å²) in [5.74, 6) is 0. The van der Waals surface area contributed by atoms with E-state index in [1.807, 2.05) is 25.1 Å². The Kier molecular flexibility index (Phi) is 3.58. The molecule has 96 valence electrons. The van der Waals surface area contributed by atoms with Crippen LogP contribution < -0.4 is 5.32 Å². The molecule has 1 saturated heterocycles. The Hall–Kier alpha value is -1.53. The quantitative estimate of drug-likeness (QED) is 0.887. The van der Waals surface area contributed by atoms with Crippen molar-refractivity contribution >= 4 is 5.69 Å². The fourth-order valence-electron chi connectivity index (χ4n) is 2.33. The molecule has 1 aliphatic heterocycles. The van der Waals surface area contributed by atoms with E-state index in [-0.39, 0.29) is 11.7 Å². The first-order valence-corrected chi connectivity index (χ1v) is 6.43. The highest BCUT2D eigenvalue weighted by molar-refractivity contribution is 5.55. The standard InChI is InChI=1S/C15H20N2O/c1-11-4-5-12(9-16)8-14(11)17-10-13-6-7-15(2,3)18-13/h4-5,8,13,17H,6-7,10H2,1-3H3. The zero-order valence-electron chi connectivity index (χ0n) is 11.3. The van der Waals surface area contributed by atoms with Gasteiger partial charge >= 0.3 is 0 Å². The molecule has 0 radical (unpaired) electrons. The maximum absolute atomic E-state index is 8.90. The Morgan fingerprint density at radius 1 is 1.50 bits per heavy atom. The predicted octanol–water partition coefficient (Wildman–Crippen LogP) is 3.24. The Bertz CT molecular complexity index is 474. The van der Waals surface area contributed by atoms with Crippen molar-refractivity contribution in [2.24, 2.45) is 0 Å². The minimum Gasteiger partial charge on any atom is -0.382 e. The molecule has 1 heterocycles. The third kappa shape index (κ3) is 3.02. The largest absolute Gasteiger partial charge is 0.382 e. The number of aryl methyl sites for hydroxylation is 1. The van der Waals surface area contributed by atoms with Gasteiger partial charge in [0, 0.05) is 12.2 Å². The van der Waals surface area contributed by atoms with E-state index in [1.54, 1.807) is 0 Å². The van der Waals surface area contributed by atoms with Crippen LogP contribution in [0.5, 0.6) is 0 Å². The first-order chi connectivity index (χ1) is 8.50. The normalized spacial score (nSPS) is 21.6. The molecule has 0 aliphatic carbocycles. The van der Waals surface area contributed by atoms with Crippen molar-refractivity contribution in [3.8, 4) is 6.07 Å². The van der Waals surface area contributed by atoms with Crippen molar-refractivity contribution in [2.75, 3.05) is 11.9 Å². The molecule has 1 aliphatic rings. The number of nitriles is 1.